The maximum atomic E-state index is 4.21. The van der Waals surface area contributed by atoms with Crippen LogP contribution in [0.1, 0.15) is 0 Å². The summed E-state index contributed by atoms with van der Waals surface area (Å²) in [5.41, 5.74) is 3.96. The second kappa shape index (κ2) is 4.71. The van der Waals surface area contributed by atoms with Crippen molar-refractivity contribution in [2.24, 2.45) is 0 Å². The van der Waals surface area contributed by atoms with Crippen LogP contribution in [-0.2, 0) is 0 Å². The third kappa shape index (κ3) is 2.08. The van der Waals surface area contributed by atoms with Crippen LogP contribution in [0.15, 0.2) is 61.4 Å². The quantitative estimate of drug-likeness (QED) is 0.684. The van der Waals surface area contributed by atoms with Crippen molar-refractivity contribution in [3.05, 3.63) is 61.4 Å². The molecule has 1 aromatic carbocycles. The third-order valence-electron chi connectivity index (χ3n) is 2.64. The fraction of sp³-hybridized carbons (Fsp3) is 0. The molecule has 0 aliphatic rings. The minimum absolute atomic E-state index is 0.916. The van der Waals surface area contributed by atoms with Gasteiger partial charge in [0, 0.05) is 23.5 Å². The van der Waals surface area contributed by atoms with Crippen molar-refractivity contribution in [3.8, 4) is 22.5 Å². The highest BCUT2D eigenvalue weighted by atomic mass is 14.8. The largest absolute Gasteiger partial charge is 0.245 e. The molecule has 18 heavy (non-hydrogen) atoms. The molecule has 0 N–H and O–H groups in total. The maximum absolute atomic E-state index is 4.21. The predicted octanol–water partition coefficient (Wildman–Crippen LogP) is 2.60. The summed E-state index contributed by atoms with van der Waals surface area (Å²) in [6.45, 7) is 0. The van der Waals surface area contributed by atoms with Crippen molar-refractivity contribution in [3.63, 3.8) is 0 Å². The van der Waals surface area contributed by atoms with Crippen LogP contribution < -0.4 is 0 Å². The van der Waals surface area contributed by atoms with Crippen molar-refractivity contribution < 1.29 is 0 Å². The topological polar surface area (TPSA) is 51.6 Å². The Labute approximate surface area is 104 Å². The van der Waals surface area contributed by atoms with E-state index in [0.717, 1.165) is 22.5 Å². The molecule has 0 radical (unpaired) electrons. The lowest BCUT2D eigenvalue weighted by Gasteiger charge is -2.02. The molecule has 0 bridgehead atoms. The summed E-state index contributed by atoms with van der Waals surface area (Å²) in [4.78, 5) is 16.2. The van der Waals surface area contributed by atoms with Crippen LogP contribution in [0.4, 0.5) is 0 Å². The van der Waals surface area contributed by atoms with E-state index in [-0.39, 0.29) is 0 Å². The molecule has 0 aliphatic heterocycles. The Morgan fingerprint density at radius 3 is 1.33 bits per heavy atom. The Balaban J connectivity index is 1.95. The number of hydrogen-bond acceptors (Lipinski definition) is 4. The minimum Gasteiger partial charge on any atom is -0.245 e. The van der Waals surface area contributed by atoms with Gasteiger partial charge in [-0.3, -0.25) is 0 Å². The number of benzene rings is 1. The van der Waals surface area contributed by atoms with Crippen LogP contribution in [0.3, 0.4) is 0 Å². The molecule has 0 unspecified atom stereocenters. The fourth-order valence-corrected chi connectivity index (χ4v) is 1.73. The highest BCUT2D eigenvalue weighted by Gasteiger charge is 2.01. The maximum Gasteiger partial charge on any atom is 0.116 e. The van der Waals surface area contributed by atoms with Crippen LogP contribution in [0.2, 0.25) is 0 Å². The van der Waals surface area contributed by atoms with Crippen LogP contribution in [0.25, 0.3) is 22.5 Å². The van der Waals surface area contributed by atoms with E-state index in [9.17, 15) is 0 Å². The molecule has 0 saturated heterocycles. The molecule has 4 heteroatoms. The minimum atomic E-state index is 0.916. The van der Waals surface area contributed by atoms with Crippen LogP contribution >= 0.6 is 0 Å². The van der Waals surface area contributed by atoms with E-state index in [1.807, 2.05) is 36.4 Å². The Hall–Kier alpha value is -2.62. The first kappa shape index (κ1) is 10.5. The average molecular weight is 234 g/mol. The summed E-state index contributed by atoms with van der Waals surface area (Å²) < 4.78 is 0. The van der Waals surface area contributed by atoms with E-state index in [4.69, 9.17) is 0 Å². The number of nitrogens with zero attached hydrogens (tertiary/aromatic N) is 4. The van der Waals surface area contributed by atoms with Crippen molar-refractivity contribution in [1.29, 1.82) is 0 Å². The van der Waals surface area contributed by atoms with Gasteiger partial charge >= 0.3 is 0 Å². The summed E-state index contributed by atoms with van der Waals surface area (Å²) >= 11 is 0. The Morgan fingerprint density at radius 2 is 1.00 bits per heavy atom. The molecule has 4 nitrogen and oxygen atoms in total. The van der Waals surface area contributed by atoms with Gasteiger partial charge in [0.25, 0.3) is 0 Å². The lowest BCUT2D eigenvalue weighted by atomic mass is 10.1. The van der Waals surface area contributed by atoms with Gasteiger partial charge in [0.15, 0.2) is 0 Å². The highest BCUT2D eigenvalue weighted by Crippen LogP contribution is 2.21. The second-order valence-electron chi connectivity index (χ2n) is 3.77. The van der Waals surface area contributed by atoms with E-state index in [1.165, 1.54) is 0 Å². The molecule has 2 heterocycles. The monoisotopic (exact) mass is 234 g/mol. The van der Waals surface area contributed by atoms with Gasteiger partial charge in [0.1, 0.15) is 12.7 Å². The summed E-state index contributed by atoms with van der Waals surface area (Å²) in [6.07, 6.45) is 6.57. The predicted molar refractivity (Wildman–Crippen MR) is 68.5 cm³/mol. The summed E-state index contributed by atoms with van der Waals surface area (Å²) in [5.74, 6) is 0. The molecule has 0 atom stereocenters. The first-order valence-corrected chi connectivity index (χ1v) is 5.56. The summed E-state index contributed by atoms with van der Waals surface area (Å²) in [7, 11) is 0. The van der Waals surface area contributed by atoms with E-state index < -0.39 is 0 Å². The Bertz CT molecular complexity index is 562. The van der Waals surface area contributed by atoms with Gasteiger partial charge in [-0.1, -0.05) is 24.3 Å². The summed E-state index contributed by atoms with van der Waals surface area (Å²) in [5, 5.41) is 0. The van der Waals surface area contributed by atoms with Crippen molar-refractivity contribution in [2.45, 2.75) is 0 Å². The smallest absolute Gasteiger partial charge is 0.116 e. The first-order valence-electron chi connectivity index (χ1n) is 5.56. The van der Waals surface area contributed by atoms with Crippen LogP contribution in [0, 0.1) is 0 Å². The van der Waals surface area contributed by atoms with E-state index in [0.29, 0.717) is 0 Å². The molecule has 2 aromatic heterocycles. The van der Waals surface area contributed by atoms with Gasteiger partial charge < -0.3 is 0 Å². The van der Waals surface area contributed by atoms with Gasteiger partial charge in [0.2, 0.25) is 0 Å². The fourth-order valence-electron chi connectivity index (χ4n) is 1.73. The van der Waals surface area contributed by atoms with Gasteiger partial charge in [-0.05, 0) is 12.1 Å². The molecular formula is C14H10N4. The zero-order valence-corrected chi connectivity index (χ0v) is 9.56. The van der Waals surface area contributed by atoms with E-state index >= 15 is 0 Å². The Morgan fingerprint density at radius 1 is 0.556 bits per heavy atom. The van der Waals surface area contributed by atoms with E-state index in [1.54, 1.807) is 25.0 Å². The highest BCUT2D eigenvalue weighted by molar-refractivity contribution is 5.66. The SMILES string of the molecule is c1cc(-c2ccc(-c3ccncn3)cc2)ncn1. The van der Waals surface area contributed by atoms with Crippen LogP contribution in [0.5, 0.6) is 0 Å². The summed E-state index contributed by atoms with van der Waals surface area (Å²) in [6, 6.07) is 11.9. The molecule has 3 rings (SSSR count). The molecular weight excluding hydrogens is 224 g/mol. The van der Waals surface area contributed by atoms with Crippen molar-refractivity contribution in [2.75, 3.05) is 0 Å². The zero-order chi connectivity index (χ0) is 12.2. The molecule has 3 aromatic rings. The normalized spacial score (nSPS) is 10.2. The third-order valence-corrected chi connectivity index (χ3v) is 2.64. The standard InChI is InChI=1S/C14H10N4/c1-2-12(14-6-8-16-10-18-14)4-3-11(1)13-5-7-15-9-17-13/h1-10H. The van der Waals surface area contributed by atoms with Crippen LogP contribution in [-0.4, -0.2) is 19.9 Å². The van der Waals surface area contributed by atoms with Crippen molar-refractivity contribution >= 4 is 0 Å². The van der Waals surface area contributed by atoms with E-state index in [2.05, 4.69) is 19.9 Å². The molecule has 0 fully saturated rings. The average Bonchev–Trinajstić information content (AvgIpc) is 2.49. The van der Waals surface area contributed by atoms with Gasteiger partial charge in [-0.15, -0.1) is 0 Å². The molecule has 0 spiro atoms. The van der Waals surface area contributed by atoms with Gasteiger partial charge in [-0.25, -0.2) is 19.9 Å². The van der Waals surface area contributed by atoms with Crippen molar-refractivity contribution in [1.82, 2.24) is 19.9 Å². The molecule has 0 aliphatic carbocycles. The Kier molecular flexibility index (Phi) is 2.75. The first-order chi connectivity index (χ1) is 8.93. The molecule has 0 saturated carbocycles. The zero-order valence-electron chi connectivity index (χ0n) is 9.56. The lowest BCUT2D eigenvalue weighted by Crippen LogP contribution is -1.86. The second-order valence-corrected chi connectivity index (χ2v) is 3.77. The van der Waals surface area contributed by atoms with Gasteiger partial charge in [-0.2, -0.15) is 0 Å². The van der Waals surface area contributed by atoms with Gasteiger partial charge in [0.05, 0.1) is 11.4 Å². The molecule has 86 valence electrons. The number of aromatic nitrogens is 4. The lowest BCUT2D eigenvalue weighted by molar-refractivity contribution is 1.17. The number of hydrogen-bond donors (Lipinski definition) is 0. The number of rotatable bonds is 2. The molecule has 0 amide bonds.